The lowest BCUT2D eigenvalue weighted by Gasteiger charge is -2.21. The summed E-state index contributed by atoms with van der Waals surface area (Å²) in [5, 5.41) is 9.27. The molecule has 1 N–H and O–H groups in total. The van der Waals surface area contributed by atoms with Crippen LogP contribution in [0.1, 0.15) is 31.2 Å². The zero-order valence-electron chi connectivity index (χ0n) is 8.33. The van der Waals surface area contributed by atoms with Crippen LogP contribution in [-0.4, -0.2) is 11.7 Å². The molecule has 1 aromatic carbocycles. The molecule has 0 amide bonds. The second kappa shape index (κ2) is 3.35. The predicted molar refractivity (Wildman–Crippen MR) is 53.6 cm³/mol. The van der Waals surface area contributed by atoms with Crippen molar-refractivity contribution in [2.24, 2.45) is 5.41 Å². The zero-order chi connectivity index (χ0) is 10.2. The summed E-state index contributed by atoms with van der Waals surface area (Å²) < 4.78 is 12.7. The van der Waals surface area contributed by atoms with Gasteiger partial charge in [0.05, 0.1) is 0 Å². The fraction of sp³-hybridized carbons (Fsp3) is 0.500. The van der Waals surface area contributed by atoms with Crippen molar-refractivity contribution in [3.63, 3.8) is 0 Å². The molecule has 0 heterocycles. The molecule has 0 bridgehead atoms. The lowest BCUT2D eigenvalue weighted by atomic mass is 9.85. The second-order valence-electron chi connectivity index (χ2n) is 4.29. The number of aliphatic hydroxyl groups is 1. The summed E-state index contributed by atoms with van der Waals surface area (Å²) in [5.41, 5.74) is 1.20. The summed E-state index contributed by atoms with van der Waals surface area (Å²) in [4.78, 5) is 0. The third-order valence-corrected chi connectivity index (χ3v) is 3.50. The van der Waals surface area contributed by atoms with E-state index in [1.165, 1.54) is 12.1 Å². The van der Waals surface area contributed by atoms with Gasteiger partial charge in [0.15, 0.2) is 0 Å². The molecular formula is C12H15FO. The molecule has 0 aromatic heterocycles. The first-order valence-electron chi connectivity index (χ1n) is 5.04. The third-order valence-electron chi connectivity index (χ3n) is 3.50. The van der Waals surface area contributed by atoms with Crippen LogP contribution in [0.3, 0.4) is 0 Å². The molecule has 1 aromatic rings. The molecule has 1 atom stereocenters. The van der Waals surface area contributed by atoms with E-state index in [2.05, 4.69) is 6.92 Å². The monoisotopic (exact) mass is 194 g/mol. The van der Waals surface area contributed by atoms with Crippen molar-refractivity contribution >= 4 is 0 Å². The molecule has 76 valence electrons. The molecule has 0 spiro atoms. The summed E-state index contributed by atoms with van der Waals surface area (Å²) >= 11 is 0. The van der Waals surface area contributed by atoms with Crippen LogP contribution in [-0.2, 0) is 0 Å². The van der Waals surface area contributed by atoms with Gasteiger partial charge >= 0.3 is 0 Å². The summed E-state index contributed by atoms with van der Waals surface area (Å²) in [7, 11) is 0. The first kappa shape index (κ1) is 9.66. The Morgan fingerprint density at radius 2 is 1.93 bits per heavy atom. The van der Waals surface area contributed by atoms with Gasteiger partial charge in [0.25, 0.3) is 0 Å². The highest BCUT2D eigenvalue weighted by atomic mass is 19.1. The first-order chi connectivity index (χ1) is 6.68. The number of aliphatic hydroxyl groups excluding tert-OH is 1. The van der Waals surface area contributed by atoms with E-state index >= 15 is 0 Å². The van der Waals surface area contributed by atoms with Crippen molar-refractivity contribution in [3.05, 3.63) is 35.6 Å². The Kier molecular flexibility index (Phi) is 2.31. The molecule has 1 nitrogen and oxygen atoms in total. The van der Waals surface area contributed by atoms with E-state index in [0.29, 0.717) is 5.92 Å². The number of benzene rings is 1. The molecule has 1 saturated carbocycles. The smallest absolute Gasteiger partial charge is 0.123 e. The van der Waals surface area contributed by atoms with Crippen molar-refractivity contribution in [3.8, 4) is 0 Å². The van der Waals surface area contributed by atoms with Gasteiger partial charge in [-0.05, 0) is 36.5 Å². The number of hydrogen-bond donors (Lipinski definition) is 1. The largest absolute Gasteiger partial charge is 0.396 e. The van der Waals surface area contributed by atoms with E-state index in [1.54, 1.807) is 0 Å². The Labute approximate surface area is 83.6 Å². The van der Waals surface area contributed by atoms with E-state index in [4.69, 9.17) is 0 Å². The zero-order valence-corrected chi connectivity index (χ0v) is 8.33. The molecule has 14 heavy (non-hydrogen) atoms. The Morgan fingerprint density at radius 3 is 2.36 bits per heavy atom. The highest BCUT2D eigenvalue weighted by Crippen LogP contribution is 2.55. The number of hydrogen-bond acceptors (Lipinski definition) is 1. The minimum atomic E-state index is -0.199. The Balaban J connectivity index is 2.19. The lowest BCUT2D eigenvalue weighted by Crippen LogP contribution is -2.15. The van der Waals surface area contributed by atoms with E-state index in [0.717, 1.165) is 18.4 Å². The predicted octanol–water partition coefficient (Wildman–Crippen LogP) is 2.70. The van der Waals surface area contributed by atoms with Crippen molar-refractivity contribution in [2.45, 2.75) is 25.7 Å². The van der Waals surface area contributed by atoms with Gasteiger partial charge in [-0.3, -0.25) is 0 Å². The van der Waals surface area contributed by atoms with Crippen LogP contribution >= 0.6 is 0 Å². The standard InChI is InChI=1S/C12H15FO/c1-9(12(8-14)6-7-12)10-2-4-11(13)5-3-10/h2-5,9,14H,6-8H2,1H3. The van der Waals surface area contributed by atoms with Gasteiger partial charge in [0.1, 0.15) is 5.82 Å². The fourth-order valence-electron chi connectivity index (χ4n) is 1.99. The molecule has 1 aliphatic carbocycles. The lowest BCUT2D eigenvalue weighted by molar-refractivity contribution is 0.191. The minimum absolute atomic E-state index is 0.0812. The SMILES string of the molecule is CC(c1ccc(F)cc1)C1(CO)CC1. The van der Waals surface area contributed by atoms with Crippen LogP contribution in [0.5, 0.6) is 0 Å². The average molecular weight is 194 g/mol. The maximum Gasteiger partial charge on any atom is 0.123 e. The van der Waals surface area contributed by atoms with Gasteiger partial charge in [-0.1, -0.05) is 19.1 Å². The van der Waals surface area contributed by atoms with Gasteiger partial charge in [-0.25, -0.2) is 4.39 Å². The molecule has 1 fully saturated rings. The molecule has 0 saturated heterocycles. The number of halogens is 1. The van der Waals surface area contributed by atoms with E-state index in [9.17, 15) is 9.50 Å². The summed E-state index contributed by atoms with van der Waals surface area (Å²) in [5.74, 6) is 0.128. The highest BCUT2D eigenvalue weighted by Gasteiger charge is 2.47. The van der Waals surface area contributed by atoms with Crippen LogP contribution in [0.15, 0.2) is 24.3 Å². The Bertz CT molecular complexity index is 314. The van der Waals surface area contributed by atoms with Gasteiger partial charge in [-0.15, -0.1) is 0 Å². The third kappa shape index (κ3) is 1.55. The highest BCUT2D eigenvalue weighted by molar-refractivity contribution is 5.24. The van der Waals surface area contributed by atoms with Gasteiger partial charge in [0.2, 0.25) is 0 Å². The molecule has 0 aliphatic heterocycles. The first-order valence-corrected chi connectivity index (χ1v) is 5.04. The molecule has 2 heteroatoms. The van der Waals surface area contributed by atoms with Crippen LogP contribution in [0.25, 0.3) is 0 Å². The van der Waals surface area contributed by atoms with Crippen LogP contribution in [0.2, 0.25) is 0 Å². The van der Waals surface area contributed by atoms with Crippen molar-refractivity contribution in [1.82, 2.24) is 0 Å². The van der Waals surface area contributed by atoms with E-state index < -0.39 is 0 Å². The summed E-state index contributed by atoms with van der Waals surface area (Å²) in [6, 6.07) is 6.60. The topological polar surface area (TPSA) is 20.2 Å². The average Bonchev–Trinajstić information content (AvgIpc) is 2.99. The van der Waals surface area contributed by atoms with Crippen LogP contribution in [0.4, 0.5) is 4.39 Å². The van der Waals surface area contributed by atoms with Crippen molar-refractivity contribution < 1.29 is 9.50 Å². The van der Waals surface area contributed by atoms with Gasteiger partial charge in [-0.2, -0.15) is 0 Å². The normalized spacial score (nSPS) is 20.5. The van der Waals surface area contributed by atoms with Crippen molar-refractivity contribution in [1.29, 1.82) is 0 Å². The molecule has 0 radical (unpaired) electrons. The maximum absolute atomic E-state index is 12.7. The van der Waals surface area contributed by atoms with Crippen LogP contribution < -0.4 is 0 Å². The maximum atomic E-state index is 12.7. The quantitative estimate of drug-likeness (QED) is 0.784. The summed E-state index contributed by atoms with van der Waals surface area (Å²) in [6.07, 6.45) is 2.17. The Morgan fingerprint density at radius 1 is 1.36 bits per heavy atom. The molecule has 2 rings (SSSR count). The Hall–Kier alpha value is -0.890. The molecular weight excluding hydrogens is 179 g/mol. The molecule has 1 aliphatic rings. The van der Waals surface area contributed by atoms with Gasteiger partial charge in [0, 0.05) is 12.0 Å². The van der Waals surface area contributed by atoms with Crippen LogP contribution in [0, 0.1) is 11.2 Å². The van der Waals surface area contributed by atoms with E-state index in [1.807, 2.05) is 12.1 Å². The van der Waals surface area contributed by atoms with E-state index in [-0.39, 0.29) is 17.8 Å². The second-order valence-corrected chi connectivity index (χ2v) is 4.29. The molecule has 1 unspecified atom stereocenters. The van der Waals surface area contributed by atoms with Gasteiger partial charge < -0.3 is 5.11 Å². The van der Waals surface area contributed by atoms with Crippen molar-refractivity contribution in [2.75, 3.05) is 6.61 Å². The summed E-state index contributed by atoms with van der Waals surface area (Å²) in [6.45, 7) is 2.35. The fourth-order valence-corrected chi connectivity index (χ4v) is 1.99. The number of rotatable bonds is 3. The minimum Gasteiger partial charge on any atom is -0.396 e.